The molecule has 0 saturated heterocycles. The second-order valence-electron chi connectivity index (χ2n) is 4.43. The normalized spacial score (nSPS) is 11.9. The maximum Gasteiger partial charge on any atom is 0.305 e. The summed E-state index contributed by atoms with van der Waals surface area (Å²) in [5, 5.41) is 8.79. The van der Waals surface area contributed by atoms with Gasteiger partial charge in [0.25, 0.3) is 0 Å². The zero-order valence-electron chi connectivity index (χ0n) is 11.3. The lowest BCUT2D eigenvalue weighted by molar-refractivity contribution is -0.136. The van der Waals surface area contributed by atoms with Gasteiger partial charge in [-0.25, -0.2) is 0 Å². The highest BCUT2D eigenvalue weighted by atomic mass is 16.4. The van der Waals surface area contributed by atoms with E-state index in [9.17, 15) is 9.59 Å². The topological polar surface area (TPSA) is 83.6 Å². The molecule has 0 spiro atoms. The van der Waals surface area contributed by atoms with Gasteiger partial charge < -0.3 is 15.7 Å². The standard InChI is InChI=1S/C14H20N2O3/c1-3-11(15)14(19)16(9-8-13(17)18)12-7-5-4-6-10(12)2/h4-7,11H,3,8-9,15H2,1-2H3,(H,17,18)/t11-/m1/s1. The summed E-state index contributed by atoms with van der Waals surface area (Å²) in [4.78, 5) is 24.4. The Morgan fingerprint density at radius 1 is 1.37 bits per heavy atom. The van der Waals surface area contributed by atoms with Crippen LogP contribution in [-0.4, -0.2) is 29.6 Å². The molecule has 104 valence electrons. The number of carbonyl (C=O) groups is 2. The van der Waals surface area contributed by atoms with E-state index < -0.39 is 12.0 Å². The van der Waals surface area contributed by atoms with E-state index >= 15 is 0 Å². The van der Waals surface area contributed by atoms with Crippen LogP contribution in [0, 0.1) is 6.92 Å². The third kappa shape index (κ3) is 4.06. The van der Waals surface area contributed by atoms with E-state index in [1.165, 1.54) is 4.90 Å². The van der Waals surface area contributed by atoms with Gasteiger partial charge in [0.1, 0.15) is 0 Å². The van der Waals surface area contributed by atoms with E-state index in [0.717, 1.165) is 11.3 Å². The first-order valence-electron chi connectivity index (χ1n) is 6.31. The molecule has 0 heterocycles. The van der Waals surface area contributed by atoms with Gasteiger partial charge >= 0.3 is 5.97 Å². The lowest BCUT2D eigenvalue weighted by Crippen LogP contribution is -2.44. The van der Waals surface area contributed by atoms with E-state index in [0.29, 0.717) is 6.42 Å². The predicted molar refractivity (Wildman–Crippen MR) is 74.1 cm³/mol. The van der Waals surface area contributed by atoms with Crippen molar-refractivity contribution in [3.63, 3.8) is 0 Å². The molecule has 1 aromatic rings. The molecule has 0 bridgehead atoms. The summed E-state index contributed by atoms with van der Waals surface area (Å²) in [5.74, 6) is -1.17. The van der Waals surface area contributed by atoms with Crippen LogP contribution in [-0.2, 0) is 9.59 Å². The van der Waals surface area contributed by atoms with Gasteiger partial charge in [-0.3, -0.25) is 9.59 Å². The third-order valence-corrected chi connectivity index (χ3v) is 2.98. The van der Waals surface area contributed by atoms with Gasteiger partial charge in [-0.05, 0) is 25.0 Å². The van der Waals surface area contributed by atoms with Crippen molar-refractivity contribution in [3.8, 4) is 0 Å². The Kier molecular flexibility index (Phi) is 5.51. The Balaban J connectivity index is 3.01. The van der Waals surface area contributed by atoms with Gasteiger partial charge in [-0.2, -0.15) is 0 Å². The van der Waals surface area contributed by atoms with Crippen molar-refractivity contribution in [2.45, 2.75) is 32.7 Å². The Labute approximate surface area is 113 Å². The highest BCUT2D eigenvalue weighted by Crippen LogP contribution is 2.20. The fraction of sp³-hybridized carbons (Fsp3) is 0.429. The van der Waals surface area contributed by atoms with Crippen LogP contribution in [0.25, 0.3) is 0 Å². The molecule has 1 amide bonds. The van der Waals surface area contributed by atoms with Gasteiger partial charge in [0.2, 0.25) is 5.91 Å². The van der Waals surface area contributed by atoms with Crippen LogP contribution >= 0.6 is 0 Å². The Hall–Kier alpha value is -1.88. The van der Waals surface area contributed by atoms with Crippen LogP contribution in [0.5, 0.6) is 0 Å². The van der Waals surface area contributed by atoms with Crippen molar-refractivity contribution in [2.75, 3.05) is 11.4 Å². The second kappa shape index (κ2) is 6.89. The maximum atomic E-state index is 12.2. The van der Waals surface area contributed by atoms with Crippen LogP contribution in [0.1, 0.15) is 25.3 Å². The van der Waals surface area contributed by atoms with E-state index in [1.54, 1.807) is 6.07 Å². The number of aryl methyl sites for hydroxylation is 1. The highest BCUT2D eigenvalue weighted by molar-refractivity contribution is 5.98. The minimum atomic E-state index is -0.934. The molecule has 0 saturated carbocycles. The van der Waals surface area contributed by atoms with E-state index in [-0.39, 0.29) is 18.9 Å². The van der Waals surface area contributed by atoms with Crippen LogP contribution < -0.4 is 10.6 Å². The number of para-hydroxylation sites is 1. The van der Waals surface area contributed by atoms with Crippen molar-refractivity contribution in [1.82, 2.24) is 0 Å². The number of nitrogens with two attached hydrogens (primary N) is 1. The van der Waals surface area contributed by atoms with E-state index in [4.69, 9.17) is 10.8 Å². The molecule has 0 aromatic heterocycles. The number of rotatable bonds is 6. The average molecular weight is 264 g/mol. The molecule has 1 atom stereocenters. The molecule has 1 rings (SSSR count). The van der Waals surface area contributed by atoms with Crippen molar-refractivity contribution < 1.29 is 14.7 Å². The second-order valence-corrected chi connectivity index (χ2v) is 4.43. The van der Waals surface area contributed by atoms with Crippen LogP contribution in [0.2, 0.25) is 0 Å². The van der Waals surface area contributed by atoms with Crippen molar-refractivity contribution in [3.05, 3.63) is 29.8 Å². The lowest BCUT2D eigenvalue weighted by Gasteiger charge is -2.26. The third-order valence-electron chi connectivity index (χ3n) is 2.98. The van der Waals surface area contributed by atoms with Gasteiger partial charge in [0, 0.05) is 12.2 Å². The van der Waals surface area contributed by atoms with E-state index in [2.05, 4.69) is 0 Å². The quantitative estimate of drug-likeness (QED) is 0.816. The van der Waals surface area contributed by atoms with E-state index in [1.807, 2.05) is 32.0 Å². The lowest BCUT2D eigenvalue weighted by atomic mass is 10.1. The average Bonchev–Trinajstić information content (AvgIpc) is 2.39. The van der Waals surface area contributed by atoms with Crippen molar-refractivity contribution >= 4 is 17.6 Å². The summed E-state index contributed by atoms with van der Waals surface area (Å²) in [6.45, 7) is 3.84. The Bertz CT molecular complexity index is 460. The number of carboxylic acid groups (broad SMARTS) is 1. The first-order chi connectivity index (χ1) is 8.97. The summed E-state index contributed by atoms with van der Waals surface area (Å²) in [6, 6.07) is 6.78. The smallest absolute Gasteiger partial charge is 0.305 e. The first kappa shape index (κ1) is 15.2. The van der Waals surface area contributed by atoms with Gasteiger partial charge in [0.15, 0.2) is 0 Å². The number of hydrogen-bond donors (Lipinski definition) is 2. The van der Waals surface area contributed by atoms with Gasteiger partial charge in [-0.15, -0.1) is 0 Å². The number of carboxylic acids is 1. The minimum absolute atomic E-state index is 0.101. The number of amides is 1. The molecule has 0 fully saturated rings. The molecule has 5 nitrogen and oxygen atoms in total. The number of carbonyl (C=O) groups excluding carboxylic acids is 1. The molecule has 0 radical (unpaired) electrons. The number of benzene rings is 1. The SMILES string of the molecule is CC[C@@H](N)C(=O)N(CCC(=O)O)c1ccccc1C. The summed E-state index contributed by atoms with van der Waals surface area (Å²) >= 11 is 0. The molecule has 1 aromatic carbocycles. The van der Waals surface area contributed by atoms with Crippen molar-refractivity contribution in [2.24, 2.45) is 5.73 Å². The fourth-order valence-electron chi connectivity index (χ4n) is 1.80. The molecule has 0 aliphatic heterocycles. The predicted octanol–water partition coefficient (Wildman–Crippen LogP) is 1.54. The van der Waals surface area contributed by atoms with Crippen molar-refractivity contribution in [1.29, 1.82) is 0 Å². The molecular weight excluding hydrogens is 244 g/mol. The zero-order valence-corrected chi connectivity index (χ0v) is 11.3. The number of nitrogens with zero attached hydrogens (tertiary/aromatic N) is 1. The van der Waals surface area contributed by atoms with Gasteiger partial charge in [0.05, 0.1) is 12.5 Å². The zero-order chi connectivity index (χ0) is 14.4. The minimum Gasteiger partial charge on any atom is -0.481 e. The molecule has 19 heavy (non-hydrogen) atoms. The van der Waals surface area contributed by atoms with Crippen LogP contribution in [0.4, 0.5) is 5.69 Å². The number of aliphatic carboxylic acids is 1. The number of anilines is 1. The molecular formula is C14H20N2O3. The van der Waals surface area contributed by atoms with Crippen LogP contribution in [0.3, 0.4) is 0 Å². The summed E-state index contributed by atoms with van der Waals surface area (Å²) in [5.41, 5.74) is 7.41. The van der Waals surface area contributed by atoms with Gasteiger partial charge in [-0.1, -0.05) is 25.1 Å². The highest BCUT2D eigenvalue weighted by Gasteiger charge is 2.22. The molecule has 0 unspecified atom stereocenters. The summed E-state index contributed by atoms with van der Waals surface area (Å²) < 4.78 is 0. The molecule has 0 aliphatic carbocycles. The Morgan fingerprint density at radius 3 is 2.53 bits per heavy atom. The summed E-state index contributed by atoms with van der Waals surface area (Å²) in [6.07, 6.45) is 0.421. The molecule has 0 aliphatic rings. The molecule has 3 N–H and O–H groups in total. The molecule has 5 heteroatoms. The number of hydrogen-bond acceptors (Lipinski definition) is 3. The largest absolute Gasteiger partial charge is 0.481 e. The fourth-order valence-corrected chi connectivity index (χ4v) is 1.80. The maximum absolute atomic E-state index is 12.2. The summed E-state index contributed by atoms with van der Waals surface area (Å²) in [7, 11) is 0. The first-order valence-corrected chi connectivity index (χ1v) is 6.31. The monoisotopic (exact) mass is 264 g/mol. The van der Waals surface area contributed by atoms with Crippen LogP contribution in [0.15, 0.2) is 24.3 Å². The Morgan fingerprint density at radius 2 is 2.00 bits per heavy atom.